The Morgan fingerprint density at radius 1 is 1.27 bits per heavy atom. The third-order valence-corrected chi connectivity index (χ3v) is 2.56. The first-order valence-corrected chi connectivity index (χ1v) is 5.42. The van der Waals surface area contributed by atoms with Crippen LogP contribution in [-0.4, -0.2) is 35.5 Å². The summed E-state index contributed by atoms with van der Waals surface area (Å²) in [4.78, 5) is 2.17. The van der Waals surface area contributed by atoms with E-state index < -0.39 is 0 Å². The van der Waals surface area contributed by atoms with Crippen molar-refractivity contribution in [3.63, 3.8) is 0 Å². The van der Waals surface area contributed by atoms with E-state index in [4.69, 9.17) is 16.3 Å². The van der Waals surface area contributed by atoms with Crippen LogP contribution in [0.4, 0.5) is 5.82 Å². The largest absolute Gasteiger partial charge is 0.372 e. The van der Waals surface area contributed by atoms with Crippen LogP contribution in [0.15, 0.2) is 12.1 Å². The van der Waals surface area contributed by atoms with Crippen molar-refractivity contribution >= 4 is 17.4 Å². The Labute approximate surface area is 94.2 Å². The Bertz CT molecular complexity index is 320. The maximum atomic E-state index is 5.69. The first-order chi connectivity index (χ1) is 7.15. The molecule has 5 heteroatoms. The maximum Gasteiger partial charge on any atom is 0.151 e. The lowest BCUT2D eigenvalue weighted by Gasteiger charge is -2.35. The van der Waals surface area contributed by atoms with E-state index in [1.807, 2.05) is 6.07 Å². The van der Waals surface area contributed by atoms with Crippen molar-refractivity contribution in [2.75, 3.05) is 18.0 Å². The summed E-state index contributed by atoms with van der Waals surface area (Å²) in [5, 5.41) is 8.32. The van der Waals surface area contributed by atoms with Crippen LogP contribution in [0.2, 0.25) is 5.15 Å². The molecule has 15 heavy (non-hydrogen) atoms. The molecular weight excluding hydrogens is 214 g/mol. The topological polar surface area (TPSA) is 38.2 Å². The van der Waals surface area contributed by atoms with Gasteiger partial charge in [0.25, 0.3) is 0 Å². The summed E-state index contributed by atoms with van der Waals surface area (Å²) in [5.74, 6) is 0.862. The van der Waals surface area contributed by atoms with Gasteiger partial charge in [-0.05, 0) is 26.0 Å². The van der Waals surface area contributed by atoms with Crippen molar-refractivity contribution in [2.24, 2.45) is 0 Å². The number of morpholine rings is 1. The molecule has 0 bridgehead atoms. The molecule has 0 aromatic carbocycles. The average Bonchev–Trinajstić information content (AvgIpc) is 2.17. The Morgan fingerprint density at radius 3 is 2.47 bits per heavy atom. The number of ether oxygens (including phenoxy) is 1. The molecule has 1 aromatic rings. The molecule has 0 aliphatic carbocycles. The van der Waals surface area contributed by atoms with Crippen molar-refractivity contribution in [1.82, 2.24) is 10.2 Å². The van der Waals surface area contributed by atoms with Crippen LogP contribution in [0.5, 0.6) is 0 Å². The number of nitrogens with zero attached hydrogens (tertiary/aromatic N) is 3. The predicted molar refractivity (Wildman–Crippen MR) is 59.3 cm³/mol. The van der Waals surface area contributed by atoms with Gasteiger partial charge >= 0.3 is 0 Å². The van der Waals surface area contributed by atoms with Crippen LogP contribution in [0.3, 0.4) is 0 Å². The number of hydrogen-bond acceptors (Lipinski definition) is 4. The van der Waals surface area contributed by atoms with Crippen LogP contribution in [0.1, 0.15) is 13.8 Å². The summed E-state index contributed by atoms with van der Waals surface area (Å²) in [5.41, 5.74) is 0. The molecule has 2 atom stereocenters. The van der Waals surface area contributed by atoms with Gasteiger partial charge in [-0.1, -0.05) is 11.6 Å². The molecule has 2 heterocycles. The number of aromatic nitrogens is 2. The van der Waals surface area contributed by atoms with E-state index in [1.54, 1.807) is 6.07 Å². The zero-order chi connectivity index (χ0) is 10.8. The highest BCUT2D eigenvalue weighted by Gasteiger charge is 2.23. The molecule has 1 fully saturated rings. The summed E-state index contributed by atoms with van der Waals surface area (Å²) in [6.07, 6.45) is 0.456. The van der Waals surface area contributed by atoms with Gasteiger partial charge in [-0.15, -0.1) is 10.2 Å². The van der Waals surface area contributed by atoms with E-state index in [0.29, 0.717) is 5.15 Å². The van der Waals surface area contributed by atoms with Gasteiger partial charge in [0.2, 0.25) is 0 Å². The molecule has 0 saturated carbocycles. The van der Waals surface area contributed by atoms with Gasteiger partial charge < -0.3 is 9.64 Å². The molecule has 1 aromatic heterocycles. The van der Waals surface area contributed by atoms with Crippen molar-refractivity contribution in [1.29, 1.82) is 0 Å². The lowest BCUT2D eigenvalue weighted by Crippen LogP contribution is -2.45. The van der Waals surface area contributed by atoms with Gasteiger partial charge in [0.05, 0.1) is 12.2 Å². The summed E-state index contributed by atoms with van der Waals surface area (Å²) < 4.78 is 5.65. The molecule has 1 aliphatic rings. The minimum atomic E-state index is 0.228. The van der Waals surface area contributed by atoms with Gasteiger partial charge in [-0.2, -0.15) is 0 Å². The van der Waals surface area contributed by atoms with Crippen LogP contribution in [0, 0.1) is 0 Å². The monoisotopic (exact) mass is 227 g/mol. The Morgan fingerprint density at radius 2 is 1.93 bits per heavy atom. The normalized spacial score (nSPS) is 26.7. The predicted octanol–water partition coefficient (Wildman–Crippen LogP) is 1.74. The molecule has 82 valence electrons. The molecule has 0 unspecified atom stereocenters. The second-order valence-corrected chi connectivity index (χ2v) is 4.26. The fourth-order valence-corrected chi connectivity index (χ4v) is 1.94. The van der Waals surface area contributed by atoms with Gasteiger partial charge in [0.1, 0.15) is 0 Å². The van der Waals surface area contributed by atoms with Gasteiger partial charge in [0.15, 0.2) is 11.0 Å². The lowest BCUT2D eigenvalue weighted by molar-refractivity contribution is -0.00550. The first kappa shape index (κ1) is 10.6. The second kappa shape index (κ2) is 4.33. The quantitative estimate of drug-likeness (QED) is 0.733. The second-order valence-electron chi connectivity index (χ2n) is 3.88. The van der Waals surface area contributed by atoms with Crippen LogP contribution >= 0.6 is 11.6 Å². The van der Waals surface area contributed by atoms with Gasteiger partial charge in [-0.3, -0.25) is 0 Å². The number of halogens is 1. The van der Waals surface area contributed by atoms with E-state index in [1.165, 1.54) is 0 Å². The maximum absolute atomic E-state index is 5.69. The Balaban J connectivity index is 2.12. The number of anilines is 1. The first-order valence-electron chi connectivity index (χ1n) is 5.05. The SMILES string of the molecule is C[C@@H]1CN(c2ccc(Cl)nn2)C[C@H](C)O1. The highest BCUT2D eigenvalue weighted by atomic mass is 35.5. The average molecular weight is 228 g/mol. The fraction of sp³-hybridized carbons (Fsp3) is 0.600. The lowest BCUT2D eigenvalue weighted by atomic mass is 10.2. The minimum absolute atomic E-state index is 0.228. The van der Waals surface area contributed by atoms with E-state index in [9.17, 15) is 0 Å². The van der Waals surface area contributed by atoms with Crippen molar-refractivity contribution in [2.45, 2.75) is 26.1 Å². The van der Waals surface area contributed by atoms with Gasteiger partial charge in [-0.25, -0.2) is 0 Å². The molecule has 4 nitrogen and oxygen atoms in total. The smallest absolute Gasteiger partial charge is 0.151 e. The molecule has 2 rings (SSSR count). The third kappa shape index (κ3) is 2.58. The summed E-state index contributed by atoms with van der Waals surface area (Å²) in [6.45, 7) is 5.82. The number of rotatable bonds is 1. The molecule has 0 spiro atoms. The highest BCUT2D eigenvalue weighted by Crippen LogP contribution is 2.18. The molecule has 1 aliphatic heterocycles. The fourth-order valence-electron chi connectivity index (χ4n) is 1.84. The molecule has 0 amide bonds. The van der Waals surface area contributed by atoms with Crippen molar-refractivity contribution < 1.29 is 4.74 Å². The third-order valence-electron chi connectivity index (χ3n) is 2.36. The zero-order valence-corrected chi connectivity index (χ0v) is 9.61. The number of hydrogen-bond donors (Lipinski definition) is 0. The highest BCUT2D eigenvalue weighted by molar-refractivity contribution is 6.29. The molecule has 1 saturated heterocycles. The van der Waals surface area contributed by atoms with E-state index >= 15 is 0 Å². The minimum Gasteiger partial charge on any atom is -0.372 e. The summed E-state index contributed by atoms with van der Waals surface area (Å²) in [7, 11) is 0. The zero-order valence-electron chi connectivity index (χ0n) is 8.85. The Kier molecular flexibility index (Phi) is 3.07. The molecule has 0 N–H and O–H groups in total. The van der Waals surface area contributed by atoms with Gasteiger partial charge in [0, 0.05) is 13.1 Å². The van der Waals surface area contributed by atoms with Crippen molar-refractivity contribution in [3.05, 3.63) is 17.3 Å². The summed E-state index contributed by atoms with van der Waals surface area (Å²) >= 11 is 5.69. The van der Waals surface area contributed by atoms with E-state index in [2.05, 4.69) is 28.9 Å². The van der Waals surface area contributed by atoms with E-state index in [-0.39, 0.29) is 12.2 Å². The molecule has 0 radical (unpaired) electrons. The Hall–Kier alpha value is -0.870. The van der Waals surface area contributed by atoms with E-state index in [0.717, 1.165) is 18.9 Å². The molecular formula is C10H14ClN3O. The van der Waals surface area contributed by atoms with Crippen LogP contribution < -0.4 is 4.90 Å². The standard InChI is InChI=1S/C10H14ClN3O/c1-7-5-14(6-8(2)15-7)10-4-3-9(11)12-13-10/h3-4,7-8H,5-6H2,1-2H3/t7-,8+. The van der Waals surface area contributed by atoms with Crippen LogP contribution in [0.25, 0.3) is 0 Å². The summed E-state index contributed by atoms with van der Waals surface area (Å²) in [6, 6.07) is 3.65. The van der Waals surface area contributed by atoms with Crippen LogP contribution in [-0.2, 0) is 4.74 Å². The van der Waals surface area contributed by atoms with Crippen molar-refractivity contribution in [3.8, 4) is 0 Å².